The molecule has 0 saturated carbocycles. The van der Waals surface area contributed by atoms with Gasteiger partial charge in [0.2, 0.25) is 10.0 Å². The van der Waals surface area contributed by atoms with Gasteiger partial charge in [-0.3, -0.25) is 0 Å². The number of halogens is 3. The van der Waals surface area contributed by atoms with E-state index in [2.05, 4.69) is 15.2 Å². The summed E-state index contributed by atoms with van der Waals surface area (Å²) in [4.78, 5) is 0.0923. The Hall–Kier alpha value is -2.29. The Kier molecular flexibility index (Phi) is 7.93. The van der Waals surface area contributed by atoms with Crippen LogP contribution in [-0.4, -0.2) is 20.7 Å². The van der Waals surface area contributed by atoms with E-state index in [-0.39, 0.29) is 10.9 Å². The predicted octanol–water partition coefficient (Wildman–Crippen LogP) is 6.46. The molecule has 2 unspecified atom stereocenters. The highest BCUT2D eigenvalue weighted by Gasteiger charge is 2.33. The normalized spacial score (nSPS) is 16.5. The number of nitrogens with one attached hydrogen (secondary N) is 2. The van der Waals surface area contributed by atoms with Gasteiger partial charge in [0, 0.05) is 21.5 Å². The molecular formula is C25H24Cl3N3O3S. The van der Waals surface area contributed by atoms with Crippen molar-refractivity contribution < 1.29 is 13.2 Å². The SMILES string of the molecule is CCOc1ccc(C2CC(C(NS(=O)(=O)c3cccc(Cl)c3C)c3ccc(Cl)cc3Cl)=NN2)cc1. The second-order valence-electron chi connectivity index (χ2n) is 8.07. The molecule has 35 heavy (non-hydrogen) atoms. The number of rotatable bonds is 8. The van der Waals surface area contributed by atoms with Crippen LogP contribution in [0.1, 0.15) is 42.1 Å². The minimum Gasteiger partial charge on any atom is -0.494 e. The number of nitrogens with zero attached hydrogens (tertiary/aromatic N) is 1. The van der Waals surface area contributed by atoms with Crippen LogP contribution in [-0.2, 0) is 10.0 Å². The number of ether oxygens (including phenoxy) is 1. The molecule has 1 aliphatic rings. The molecule has 0 radical (unpaired) electrons. The van der Waals surface area contributed by atoms with Gasteiger partial charge < -0.3 is 10.2 Å². The molecule has 3 aromatic carbocycles. The van der Waals surface area contributed by atoms with E-state index in [9.17, 15) is 8.42 Å². The molecule has 184 valence electrons. The van der Waals surface area contributed by atoms with Gasteiger partial charge in [-0.05, 0) is 66.9 Å². The van der Waals surface area contributed by atoms with Crippen LogP contribution in [0.3, 0.4) is 0 Å². The maximum atomic E-state index is 13.4. The standard InChI is InChI=1S/C25H24Cl3N3O3S/c1-3-34-18-10-7-16(8-11-18)22-14-23(30-29-22)25(19-12-9-17(26)13-21(19)28)31-35(32,33)24-6-4-5-20(27)15(24)2/h4-13,22,25,29,31H,3,14H2,1-2H3. The summed E-state index contributed by atoms with van der Waals surface area (Å²) in [5, 5.41) is 5.65. The molecular weight excluding hydrogens is 529 g/mol. The van der Waals surface area contributed by atoms with Crippen molar-refractivity contribution in [2.75, 3.05) is 6.61 Å². The summed E-state index contributed by atoms with van der Waals surface area (Å²) in [7, 11) is -3.97. The van der Waals surface area contributed by atoms with Crippen molar-refractivity contribution >= 4 is 50.5 Å². The Morgan fingerprint density at radius 3 is 2.51 bits per heavy atom. The molecule has 1 heterocycles. The van der Waals surface area contributed by atoms with E-state index in [1.807, 2.05) is 31.2 Å². The summed E-state index contributed by atoms with van der Waals surface area (Å²) in [6.45, 7) is 4.18. The maximum absolute atomic E-state index is 13.4. The fourth-order valence-electron chi connectivity index (χ4n) is 3.94. The molecule has 0 spiro atoms. The number of hydrogen-bond donors (Lipinski definition) is 2. The van der Waals surface area contributed by atoms with Crippen molar-refractivity contribution in [3.63, 3.8) is 0 Å². The first-order chi connectivity index (χ1) is 16.7. The molecule has 0 aromatic heterocycles. The van der Waals surface area contributed by atoms with Gasteiger partial charge in [0.05, 0.1) is 29.3 Å². The van der Waals surface area contributed by atoms with E-state index in [1.54, 1.807) is 37.3 Å². The van der Waals surface area contributed by atoms with Gasteiger partial charge >= 0.3 is 0 Å². The predicted molar refractivity (Wildman–Crippen MR) is 141 cm³/mol. The smallest absolute Gasteiger partial charge is 0.241 e. The van der Waals surface area contributed by atoms with Crippen molar-refractivity contribution in [1.82, 2.24) is 10.1 Å². The minimum absolute atomic E-state index is 0.0923. The third-order valence-electron chi connectivity index (χ3n) is 5.76. The average Bonchev–Trinajstić information content (AvgIpc) is 3.30. The molecule has 0 bridgehead atoms. The zero-order chi connectivity index (χ0) is 25.2. The molecule has 0 aliphatic carbocycles. The lowest BCUT2D eigenvalue weighted by molar-refractivity contribution is 0.340. The van der Waals surface area contributed by atoms with E-state index in [0.29, 0.717) is 44.9 Å². The highest BCUT2D eigenvalue weighted by molar-refractivity contribution is 7.89. The molecule has 6 nitrogen and oxygen atoms in total. The fourth-order valence-corrected chi connectivity index (χ4v) is 6.16. The lowest BCUT2D eigenvalue weighted by Gasteiger charge is -2.21. The van der Waals surface area contributed by atoms with Crippen LogP contribution in [0.2, 0.25) is 15.1 Å². The van der Waals surface area contributed by atoms with Gasteiger partial charge in [-0.15, -0.1) is 0 Å². The van der Waals surface area contributed by atoms with Gasteiger partial charge in [0.15, 0.2) is 0 Å². The van der Waals surface area contributed by atoms with Gasteiger partial charge in [-0.2, -0.15) is 9.82 Å². The highest BCUT2D eigenvalue weighted by atomic mass is 35.5. The van der Waals surface area contributed by atoms with E-state index in [1.165, 1.54) is 6.07 Å². The quantitative estimate of drug-likeness (QED) is 0.336. The monoisotopic (exact) mass is 551 g/mol. The molecule has 1 aliphatic heterocycles. The lowest BCUT2D eigenvalue weighted by Crippen LogP contribution is -2.34. The fraction of sp³-hybridized carbons (Fsp3) is 0.240. The molecule has 0 amide bonds. The Labute approximate surface area is 220 Å². The first-order valence-electron chi connectivity index (χ1n) is 11.0. The van der Waals surface area contributed by atoms with Gasteiger partial charge in [0.1, 0.15) is 5.75 Å². The number of sulfonamides is 1. The van der Waals surface area contributed by atoms with Crippen molar-refractivity contribution in [3.05, 3.63) is 92.4 Å². The van der Waals surface area contributed by atoms with Crippen LogP contribution in [0.15, 0.2) is 70.7 Å². The Bertz CT molecular complexity index is 1360. The van der Waals surface area contributed by atoms with Crippen molar-refractivity contribution in [2.24, 2.45) is 5.10 Å². The second-order valence-corrected chi connectivity index (χ2v) is 11.0. The number of benzene rings is 3. The van der Waals surface area contributed by atoms with Gasteiger partial charge in [-0.25, -0.2) is 8.42 Å². The summed E-state index contributed by atoms with van der Waals surface area (Å²) in [5.74, 6) is 0.783. The molecule has 4 rings (SSSR count). The first-order valence-corrected chi connectivity index (χ1v) is 13.6. The van der Waals surface area contributed by atoms with Crippen LogP contribution in [0.4, 0.5) is 0 Å². The molecule has 3 aromatic rings. The van der Waals surface area contributed by atoms with Crippen LogP contribution in [0, 0.1) is 6.92 Å². The van der Waals surface area contributed by atoms with Gasteiger partial charge in [-0.1, -0.05) is 59.1 Å². The topological polar surface area (TPSA) is 79.8 Å². The Balaban J connectivity index is 1.66. The molecule has 0 fully saturated rings. The van der Waals surface area contributed by atoms with Crippen LogP contribution in [0.25, 0.3) is 0 Å². The van der Waals surface area contributed by atoms with E-state index in [0.717, 1.165) is 11.3 Å². The van der Waals surface area contributed by atoms with Crippen LogP contribution >= 0.6 is 34.8 Å². The average molecular weight is 553 g/mol. The first kappa shape index (κ1) is 25.8. The third kappa shape index (κ3) is 5.76. The summed E-state index contributed by atoms with van der Waals surface area (Å²) >= 11 is 18.8. The summed E-state index contributed by atoms with van der Waals surface area (Å²) in [6.07, 6.45) is 0.467. The molecule has 2 atom stereocenters. The molecule has 10 heteroatoms. The van der Waals surface area contributed by atoms with Gasteiger partial charge in [0.25, 0.3) is 0 Å². The third-order valence-corrected chi connectivity index (χ3v) is 8.30. The number of hydrogen-bond acceptors (Lipinski definition) is 5. The van der Waals surface area contributed by atoms with Crippen molar-refractivity contribution in [3.8, 4) is 5.75 Å². The minimum atomic E-state index is -3.97. The molecule has 2 N–H and O–H groups in total. The van der Waals surface area contributed by atoms with E-state index in [4.69, 9.17) is 39.5 Å². The van der Waals surface area contributed by atoms with Crippen LogP contribution < -0.4 is 14.9 Å². The zero-order valence-electron chi connectivity index (χ0n) is 19.1. The second kappa shape index (κ2) is 10.8. The van der Waals surface area contributed by atoms with E-state index >= 15 is 0 Å². The zero-order valence-corrected chi connectivity index (χ0v) is 22.1. The largest absolute Gasteiger partial charge is 0.494 e. The van der Waals surface area contributed by atoms with E-state index < -0.39 is 16.1 Å². The number of hydrazone groups is 1. The Morgan fingerprint density at radius 1 is 1.09 bits per heavy atom. The lowest BCUT2D eigenvalue weighted by atomic mass is 9.96. The van der Waals surface area contributed by atoms with Crippen molar-refractivity contribution in [2.45, 2.75) is 37.2 Å². The van der Waals surface area contributed by atoms with Crippen LogP contribution in [0.5, 0.6) is 5.75 Å². The van der Waals surface area contributed by atoms with Crippen molar-refractivity contribution in [1.29, 1.82) is 0 Å². The maximum Gasteiger partial charge on any atom is 0.241 e. The summed E-state index contributed by atoms with van der Waals surface area (Å²) < 4.78 is 35.2. The molecule has 0 saturated heterocycles. The Morgan fingerprint density at radius 2 is 1.83 bits per heavy atom. The highest BCUT2D eigenvalue weighted by Crippen LogP contribution is 2.34. The summed E-state index contributed by atoms with van der Waals surface area (Å²) in [6, 6.07) is 16.5. The summed E-state index contributed by atoms with van der Waals surface area (Å²) in [5.41, 5.74) is 5.73.